The van der Waals surface area contributed by atoms with E-state index in [0.717, 1.165) is 5.56 Å². The average molecular weight is 378 g/mol. The Kier molecular flexibility index (Phi) is 5.82. The lowest BCUT2D eigenvalue weighted by atomic mass is 10.1. The molecule has 3 aromatic rings. The molecular weight excluding hydrogens is 359 g/mol. The molecule has 0 aliphatic carbocycles. The number of amides is 1. The highest BCUT2D eigenvalue weighted by Crippen LogP contribution is 2.35. The molecule has 142 valence electrons. The molecule has 1 aromatic heterocycles. The fraction of sp³-hybridized carbons (Fsp3) is 0.190. The molecule has 6 nitrogen and oxygen atoms in total. The van der Waals surface area contributed by atoms with Gasteiger partial charge in [0.2, 0.25) is 5.88 Å². The maximum atomic E-state index is 12.9. The van der Waals surface area contributed by atoms with E-state index < -0.39 is 5.91 Å². The number of nitrogens with zero attached hydrogens (tertiary/aromatic N) is 3. The first kappa shape index (κ1) is 19.3. The van der Waals surface area contributed by atoms with Crippen LogP contribution in [0.2, 0.25) is 0 Å². The molecule has 1 amide bonds. The number of benzene rings is 2. The van der Waals surface area contributed by atoms with Crippen LogP contribution in [0.25, 0.3) is 10.9 Å². The van der Waals surface area contributed by atoms with Crippen LogP contribution in [0.15, 0.2) is 52.7 Å². The van der Waals surface area contributed by atoms with Crippen molar-refractivity contribution >= 4 is 22.5 Å². The molecule has 0 aliphatic rings. The molecule has 0 unspecified atom stereocenters. The summed E-state index contributed by atoms with van der Waals surface area (Å²) >= 11 is 0. The molecule has 1 heterocycles. The summed E-state index contributed by atoms with van der Waals surface area (Å²) in [5, 5.41) is 18.3. The highest BCUT2D eigenvalue weighted by atomic mass is 19.1. The van der Waals surface area contributed by atoms with Gasteiger partial charge in [-0.25, -0.2) is 4.39 Å². The Morgan fingerprint density at radius 1 is 1.21 bits per heavy atom. The summed E-state index contributed by atoms with van der Waals surface area (Å²) in [5.74, 6) is 5.05. The van der Waals surface area contributed by atoms with Crippen LogP contribution in [-0.4, -0.2) is 41.5 Å². The number of carbonyl (C=O) groups is 1. The van der Waals surface area contributed by atoms with E-state index in [1.54, 1.807) is 12.1 Å². The third kappa shape index (κ3) is 4.81. The summed E-state index contributed by atoms with van der Waals surface area (Å²) in [4.78, 5) is 16.8. The summed E-state index contributed by atoms with van der Waals surface area (Å²) in [6, 6.07) is 11.0. The molecule has 0 atom stereocenters. The van der Waals surface area contributed by atoms with Crippen molar-refractivity contribution in [2.45, 2.75) is 6.42 Å². The van der Waals surface area contributed by atoms with Gasteiger partial charge in [-0.15, -0.1) is 10.2 Å². The largest absolute Gasteiger partial charge is 0.493 e. The molecule has 7 heteroatoms. The first-order chi connectivity index (χ1) is 13.4. The summed E-state index contributed by atoms with van der Waals surface area (Å²) in [5.41, 5.74) is 2.24. The molecule has 0 spiro atoms. The molecule has 0 saturated heterocycles. The van der Waals surface area contributed by atoms with Crippen LogP contribution in [0.5, 0.6) is 5.88 Å². The van der Waals surface area contributed by atoms with E-state index in [9.17, 15) is 14.3 Å². The van der Waals surface area contributed by atoms with Crippen molar-refractivity contribution in [3.8, 4) is 17.7 Å². The lowest BCUT2D eigenvalue weighted by molar-refractivity contribution is -0.117. The molecule has 3 rings (SSSR count). The van der Waals surface area contributed by atoms with Crippen LogP contribution in [0, 0.1) is 17.7 Å². The number of H-pyrrole nitrogens is 1. The Labute approximate surface area is 161 Å². The summed E-state index contributed by atoms with van der Waals surface area (Å²) in [7, 11) is 3.87. The van der Waals surface area contributed by atoms with Gasteiger partial charge in [-0.1, -0.05) is 24.0 Å². The zero-order valence-electron chi connectivity index (χ0n) is 15.5. The Morgan fingerprint density at radius 2 is 1.96 bits per heavy atom. The van der Waals surface area contributed by atoms with Crippen LogP contribution in [0.1, 0.15) is 11.1 Å². The first-order valence-electron chi connectivity index (χ1n) is 8.59. The van der Waals surface area contributed by atoms with Gasteiger partial charge in [-0.3, -0.25) is 9.69 Å². The molecule has 0 saturated carbocycles. The van der Waals surface area contributed by atoms with E-state index in [0.29, 0.717) is 23.0 Å². The van der Waals surface area contributed by atoms with Crippen molar-refractivity contribution in [2.75, 3.05) is 20.6 Å². The van der Waals surface area contributed by atoms with Gasteiger partial charge >= 0.3 is 0 Å². The maximum Gasteiger partial charge on any atom is 0.269 e. The van der Waals surface area contributed by atoms with Gasteiger partial charge in [0.1, 0.15) is 5.82 Å². The number of azo groups is 1. The predicted molar refractivity (Wildman–Crippen MR) is 105 cm³/mol. The van der Waals surface area contributed by atoms with Gasteiger partial charge in [0, 0.05) is 10.9 Å². The summed E-state index contributed by atoms with van der Waals surface area (Å²) < 4.78 is 12.9. The molecule has 0 aliphatic heterocycles. The number of hydrogen-bond donors (Lipinski definition) is 2. The highest BCUT2D eigenvalue weighted by Gasteiger charge is 2.12. The van der Waals surface area contributed by atoms with E-state index in [1.165, 1.54) is 24.3 Å². The number of hydrogen-bond acceptors (Lipinski definition) is 4. The minimum atomic E-state index is -0.498. The summed E-state index contributed by atoms with van der Waals surface area (Å²) in [6.07, 6.45) is -0.00580. The van der Waals surface area contributed by atoms with Gasteiger partial charge in [-0.05, 0) is 50.0 Å². The minimum absolute atomic E-state index is 0.00580. The van der Waals surface area contributed by atoms with Crippen LogP contribution >= 0.6 is 0 Å². The molecule has 2 N–H and O–H groups in total. The second-order valence-corrected chi connectivity index (χ2v) is 6.52. The van der Waals surface area contributed by atoms with E-state index in [4.69, 9.17) is 0 Å². The monoisotopic (exact) mass is 378 g/mol. The molecule has 0 bridgehead atoms. The molecule has 0 radical (unpaired) electrons. The molecule has 0 fully saturated rings. The molecular formula is C21H19FN4O2. The Hall–Kier alpha value is -3.50. The number of rotatable bonds is 4. The maximum absolute atomic E-state index is 12.9. The second kappa shape index (κ2) is 8.46. The van der Waals surface area contributed by atoms with E-state index in [1.807, 2.05) is 25.1 Å². The summed E-state index contributed by atoms with van der Waals surface area (Å²) in [6.45, 7) is 0.626. The fourth-order valence-electron chi connectivity index (χ4n) is 2.56. The Morgan fingerprint density at radius 3 is 2.68 bits per heavy atom. The number of aromatic hydroxyl groups is 1. The highest BCUT2D eigenvalue weighted by molar-refractivity contribution is 5.95. The van der Waals surface area contributed by atoms with Crippen LogP contribution in [0.3, 0.4) is 0 Å². The van der Waals surface area contributed by atoms with Crippen LogP contribution in [-0.2, 0) is 11.2 Å². The van der Waals surface area contributed by atoms with Gasteiger partial charge in [0.25, 0.3) is 5.91 Å². The van der Waals surface area contributed by atoms with Crippen LogP contribution < -0.4 is 0 Å². The SMILES string of the molecule is CN(C)CC#Cc1ccc2[nH]c(O)c(N=NC(=O)Cc3ccc(F)cc3)c2c1. The lowest BCUT2D eigenvalue weighted by Crippen LogP contribution is -2.10. The van der Waals surface area contributed by atoms with Crippen molar-refractivity contribution in [3.63, 3.8) is 0 Å². The zero-order valence-corrected chi connectivity index (χ0v) is 15.5. The molecule has 28 heavy (non-hydrogen) atoms. The average Bonchev–Trinajstić information content (AvgIpc) is 2.96. The minimum Gasteiger partial charge on any atom is -0.493 e. The number of carbonyl (C=O) groups excluding carboxylic acids is 1. The normalized spacial score (nSPS) is 11.1. The Bertz CT molecular complexity index is 1090. The van der Waals surface area contributed by atoms with Crippen molar-refractivity contribution in [1.82, 2.24) is 9.88 Å². The van der Waals surface area contributed by atoms with Crippen molar-refractivity contribution in [1.29, 1.82) is 0 Å². The van der Waals surface area contributed by atoms with Crippen molar-refractivity contribution in [2.24, 2.45) is 10.2 Å². The van der Waals surface area contributed by atoms with E-state index in [-0.39, 0.29) is 23.8 Å². The van der Waals surface area contributed by atoms with Gasteiger partial charge < -0.3 is 10.1 Å². The third-order valence-corrected chi connectivity index (χ3v) is 3.91. The number of fused-ring (bicyclic) bond motifs is 1. The Balaban J connectivity index is 1.81. The number of aromatic nitrogens is 1. The fourth-order valence-corrected chi connectivity index (χ4v) is 2.56. The van der Waals surface area contributed by atoms with Gasteiger partial charge in [0.15, 0.2) is 5.69 Å². The third-order valence-electron chi connectivity index (χ3n) is 3.91. The quantitative estimate of drug-likeness (QED) is 0.535. The number of aromatic amines is 1. The van der Waals surface area contributed by atoms with Crippen molar-refractivity contribution < 1.29 is 14.3 Å². The lowest BCUT2D eigenvalue weighted by Gasteiger charge is -2.00. The van der Waals surface area contributed by atoms with E-state index in [2.05, 4.69) is 27.1 Å². The van der Waals surface area contributed by atoms with Crippen LogP contribution in [0.4, 0.5) is 10.1 Å². The van der Waals surface area contributed by atoms with Gasteiger partial charge in [-0.2, -0.15) is 0 Å². The second-order valence-electron chi connectivity index (χ2n) is 6.52. The standard InChI is InChI=1S/C21H19FN4O2/c1-26(2)11-3-4-14-7-10-18-17(12-14)20(21(28)23-18)25-24-19(27)13-15-5-8-16(22)9-6-15/h5-10,12,23,28H,11,13H2,1-2H3. The van der Waals surface area contributed by atoms with Crippen molar-refractivity contribution in [3.05, 3.63) is 59.4 Å². The number of halogens is 1. The topological polar surface area (TPSA) is 81.1 Å². The zero-order chi connectivity index (χ0) is 20.1. The van der Waals surface area contributed by atoms with Gasteiger partial charge in [0.05, 0.1) is 18.5 Å². The van der Waals surface area contributed by atoms with E-state index >= 15 is 0 Å². The first-order valence-corrected chi connectivity index (χ1v) is 8.59. The molecule has 2 aromatic carbocycles. The number of nitrogens with one attached hydrogen (secondary N) is 1. The predicted octanol–water partition coefficient (Wildman–Crippen LogP) is 3.78. The smallest absolute Gasteiger partial charge is 0.269 e.